The lowest BCUT2D eigenvalue weighted by Crippen LogP contribution is -2.31. The topological polar surface area (TPSA) is 6.48 Å². The summed E-state index contributed by atoms with van der Waals surface area (Å²) in [7, 11) is 0. The Hall–Kier alpha value is -12.9. The van der Waals surface area contributed by atoms with Crippen LogP contribution in [0.15, 0.2) is 400 Å². The molecular formula is C101H78N2. The van der Waals surface area contributed by atoms with Gasteiger partial charge in [-0.3, -0.25) is 0 Å². The minimum atomic E-state index is -0.765. The van der Waals surface area contributed by atoms with Crippen LogP contribution in [0.4, 0.5) is 34.1 Å². The predicted molar refractivity (Wildman–Crippen MR) is 437 cm³/mol. The van der Waals surface area contributed by atoms with E-state index in [9.17, 15) is 0 Å². The van der Waals surface area contributed by atoms with Crippen molar-refractivity contribution in [2.45, 2.75) is 33.1 Å². The molecular weight excluding hydrogens is 1240 g/mol. The zero-order valence-electron chi connectivity index (χ0n) is 58.5. The minimum Gasteiger partial charge on any atom is -0.310 e. The molecule has 0 fully saturated rings. The van der Waals surface area contributed by atoms with Gasteiger partial charge in [0.2, 0.25) is 0 Å². The molecule has 0 unspecified atom stereocenters. The van der Waals surface area contributed by atoms with Gasteiger partial charge in [-0.15, -0.1) is 0 Å². The predicted octanol–water partition coefficient (Wildman–Crippen LogP) is 27.6. The van der Waals surface area contributed by atoms with E-state index in [4.69, 9.17) is 0 Å². The van der Waals surface area contributed by atoms with Gasteiger partial charge in [-0.2, -0.15) is 0 Å². The number of hydrogen-bond donors (Lipinski definition) is 0. The zero-order chi connectivity index (χ0) is 69.6. The van der Waals surface area contributed by atoms with Gasteiger partial charge in [0, 0.05) is 34.1 Å². The van der Waals surface area contributed by atoms with Crippen LogP contribution < -0.4 is 9.80 Å². The summed E-state index contributed by atoms with van der Waals surface area (Å²) in [5.41, 5.74) is 33.9. The first-order valence-electron chi connectivity index (χ1n) is 35.7. The molecule has 0 aliphatic heterocycles. The fraction of sp³-hybridized carbons (Fsp3) is 0.0495. The van der Waals surface area contributed by atoms with Crippen LogP contribution in [0.25, 0.3) is 89.0 Å². The fourth-order valence-electron chi connectivity index (χ4n) is 15.2. The van der Waals surface area contributed by atoms with Gasteiger partial charge in [0.1, 0.15) is 0 Å². The van der Waals surface area contributed by atoms with Crippen LogP contribution in [-0.2, 0) is 5.41 Å². The Labute approximate surface area is 607 Å². The first-order chi connectivity index (χ1) is 50.7. The number of rotatable bonds is 18. The largest absolute Gasteiger partial charge is 0.310 e. The van der Waals surface area contributed by atoms with Crippen LogP contribution >= 0.6 is 0 Å². The Balaban J connectivity index is 0.848. The summed E-state index contributed by atoms with van der Waals surface area (Å²) in [6.45, 7) is 8.91. The molecule has 2 nitrogen and oxygen atoms in total. The third-order valence-electron chi connectivity index (χ3n) is 20.6. The molecule has 0 spiro atoms. The highest BCUT2D eigenvalue weighted by molar-refractivity contribution is 5.89. The van der Waals surface area contributed by atoms with Crippen molar-refractivity contribution in [3.63, 3.8) is 0 Å². The smallest absolute Gasteiger partial charge is 0.0701 e. The van der Waals surface area contributed by atoms with E-state index in [2.05, 4.69) is 438 Å². The van der Waals surface area contributed by atoms with Crippen LogP contribution in [0.5, 0.6) is 0 Å². The third kappa shape index (κ3) is 13.1. The molecule has 16 rings (SSSR count). The van der Waals surface area contributed by atoms with Gasteiger partial charge >= 0.3 is 0 Å². The Bertz CT molecular complexity index is 5010. The molecule has 0 N–H and O–H groups in total. The van der Waals surface area contributed by atoms with Crippen LogP contribution in [0.3, 0.4) is 0 Å². The van der Waals surface area contributed by atoms with Gasteiger partial charge < -0.3 is 9.80 Å². The average molecular weight is 1320 g/mol. The molecule has 0 heterocycles. The van der Waals surface area contributed by atoms with E-state index in [1.165, 1.54) is 122 Å². The van der Waals surface area contributed by atoms with E-state index < -0.39 is 5.41 Å². The maximum Gasteiger partial charge on any atom is 0.0701 e. The molecule has 0 aliphatic carbocycles. The monoisotopic (exact) mass is 1320 g/mol. The highest BCUT2D eigenvalue weighted by Gasteiger charge is 2.39. The SMILES string of the molecule is Cc1ccc(N(c2ccc(C(c3ccccc3)(c3ccccc3)c3ccc(N(c4ccc(C)c(-c5cccc(-c6ccccc6)c5)c4)c4ccc(C)c(-c5cccc(-c6ccccc6)c5)c4)cc3)cc2)c2ccc(C)c(-c3cccc(-c4ccccc4)c3)c2)cc1-c1cccc(-c2ccccc2)c1. The van der Waals surface area contributed by atoms with Crippen molar-refractivity contribution >= 4 is 34.1 Å². The Morgan fingerprint density at radius 2 is 0.350 bits per heavy atom. The third-order valence-corrected chi connectivity index (χ3v) is 20.6. The van der Waals surface area contributed by atoms with Crippen molar-refractivity contribution in [3.8, 4) is 89.0 Å². The lowest BCUT2D eigenvalue weighted by Gasteiger charge is -2.37. The molecule has 2 heteroatoms. The Morgan fingerprint density at radius 1 is 0.155 bits per heavy atom. The quantitative estimate of drug-likeness (QED) is 0.0790. The number of anilines is 6. The normalized spacial score (nSPS) is 11.3. The second-order valence-corrected chi connectivity index (χ2v) is 27.0. The van der Waals surface area contributed by atoms with Crippen LogP contribution in [0, 0.1) is 27.7 Å². The van der Waals surface area contributed by atoms with E-state index in [0.717, 1.165) is 45.3 Å². The standard InChI is InChI=1S/C101H78N2/c1-71-47-55-93(67-97(71)83-39-23-35-79(63-83)75-27-11-5-12-28-75)102(94-56-48-72(2)98(68-94)84-40-24-36-80(64-84)76-29-13-6-14-30-76)91-59-51-89(52-60-91)101(87-43-19-9-20-44-87,88-45-21-10-22-46-88)90-53-61-92(62-54-90)103(95-57-49-73(3)99(69-95)85-41-25-37-81(65-85)77-31-15-7-16-32-77)96-58-50-74(4)100(70-96)86-42-26-38-82(66-86)78-33-17-8-18-34-78/h5-70H,1-4H3. The van der Waals surface area contributed by atoms with E-state index >= 15 is 0 Å². The van der Waals surface area contributed by atoms with Gasteiger partial charge in [0.15, 0.2) is 0 Å². The first kappa shape index (κ1) is 64.8. The summed E-state index contributed by atoms with van der Waals surface area (Å²) in [6, 6.07) is 148. The number of aryl methyl sites for hydroxylation is 4. The van der Waals surface area contributed by atoms with Crippen molar-refractivity contribution in [2.24, 2.45) is 0 Å². The number of benzene rings is 16. The van der Waals surface area contributed by atoms with E-state index in [-0.39, 0.29) is 0 Å². The lowest BCUT2D eigenvalue weighted by atomic mass is 9.65. The summed E-state index contributed by atoms with van der Waals surface area (Å²) < 4.78 is 0. The van der Waals surface area contributed by atoms with E-state index in [1.807, 2.05) is 0 Å². The van der Waals surface area contributed by atoms with Crippen LogP contribution in [0.1, 0.15) is 44.5 Å². The van der Waals surface area contributed by atoms with Gasteiger partial charge in [-0.05, 0) is 258 Å². The maximum atomic E-state index is 2.45. The van der Waals surface area contributed by atoms with E-state index in [0.29, 0.717) is 0 Å². The Morgan fingerprint density at radius 3 is 0.592 bits per heavy atom. The molecule has 0 aliphatic rings. The van der Waals surface area contributed by atoms with Crippen molar-refractivity contribution < 1.29 is 0 Å². The maximum absolute atomic E-state index is 2.45. The molecule has 16 aromatic rings. The second-order valence-electron chi connectivity index (χ2n) is 27.0. The summed E-state index contributed by atoms with van der Waals surface area (Å²) >= 11 is 0. The van der Waals surface area contributed by atoms with Gasteiger partial charge in [0.25, 0.3) is 0 Å². The molecule has 0 bridgehead atoms. The van der Waals surface area contributed by atoms with Crippen LogP contribution in [-0.4, -0.2) is 0 Å². The fourth-order valence-corrected chi connectivity index (χ4v) is 15.2. The molecule has 492 valence electrons. The molecule has 16 aromatic carbocycles. The highest BCUT2D eigenvalue weighted by Crippen LogP contribution is 2.49. The molecule has 0 saturated carbocycles. The number of nitrogens with zero attached hydrogens (tertiary/aromatic N) is 2. The zero-order valence-corrected chi connectivity index (χ0v) is 58.5. The molecule has 0 aromatic heterocycles. The molecule has 0 amide bonds. The van der Waals surface area contributed by atoms with Crippen molar-refractivity contribution in [2.75, 3.05) is 9.80 Å². The minimum absolute atomic E-state index is 0.765. The second kappa shape index (κ2) is 28.8. The molecule has 0 atom stereocenters. The lowest BCUT2D eigenvalue weighted by molar-refractivity contribution is 0.745. The Kier molecular flexibility index (Phi) is 18.1. The van der Waals surface area contributed by atoms with Crippen LogP contribution in [0.2, 0.25) is 0 Å². The van der Waals surface area contributed by atoms with Crippen molar-refractivity contribution in [1.82, 2.24) is 0 Å². The summed E-state index contributed by atoms with van der Waals surface area (Å²) in [4.78, 5) is 4.89. The summed E-state index contributed by atoms with van der Waals surface area (Å²) in [6.07, 6.45) is 0. The van der Waals surface area contributed by atoms with Gasteiger partial charge in [0.05, 0.1) is 5.41 Å². The molecule has 0 radical (unpaired) electrons. The average Bonchev–Trinajstić information content (AvgIpc) is 0.732. The first-order valence-corrected chi connectivity index (χ1v) is 35.7. The summed E-state index contributed by atoms with van der Waals surface area (Å²) in [5, 5.41) is 0. The van der Waals surface area contributed by atoms with Gasteiger partial charge in [-0.1, -0.05) is 303 Å². The molecule has 0 saturated heterocycles. The highest BCUT2D eigenvalue weighted by atomic mass is 15.1. The van der Waals surface area contributed by atoms with Gasteiger partial charge in [-0.25, -0.2) is 0 Å². The number of hydrogen-bond acceptors (Lipinski definition) is 2. The van der Waals surface area contributed by atoms with E-state index in [1.54, 1.807) is 0 Å². The summed E-state index contributed by atoms with van der Waals surface area (Å²) in [5.74, 6) is 0. The van der Waals surface area contributed by atoms with Crippen molar-refractivity contribution in [3.05, 3.63) is 445 Å². The molecule has 103 heavy (non-hydrogen) atoms. The van der Waals surface area contributed by atoms with Crippen molar-refractivity contribution in [1.29, 1.82) is 0 Å².